The highest BCUT2D eigenvalue weighted by Crippen LogP contribution is 2.30. The lowest BCUT2D eigenvalue weighted by Crippen LogP contribution is -2.03. The highest BCUT2D eigenvalue weighted by Gasteiger charge is 2.17. The van der Waals surface area contributed by atoms with Gasteiger partial charge in [-0.3, -0.25) is 0 Å². The Morgan fingerprint density at radius 3 is 2.79 bits per heavy atom. The van der Waals surface area contributed by atoms with Gasteiger partial charge >= 0.3 is 5.97 Å². The maximum absolute atomic E-state index is 13.8. The summed E-state index contributed by atoms with van der Waals surface area (Å²) in [5.41, 5.74) is 0.415. The van der Waals surface area contributed by atoms with Crippen LogP contribution in [0.4, 0.5) is 4.39 Å². The van der Waals surface area contributed by atoms with Gasteiger partial charge in [0.1, 0.15) is 11.3 Å². The maximum Gasteiger partial charge on any atom is 0.338 e. The van der Waals surface area contributed by atoms with Crippen molar-refractivity contribution < 1.29 is 19.0 Å². The predicted molar refractivity (Wildman–Crippen MR) is 67.4 cm³/mol. The second-order valence-corrected chi connectivity index (χ2v) is 4.23. The van der Waals surface area contributed by atoms with Crippen molar-refractivity contribution in [2.45, 2.75) is 6.92 Å². The van der Waals surface area contributed by atoms with Crippen molar-refractivity contribution in [1.29, 1.82) is 0 Å². The van der Waals surface area contributed by atoms with Crippen molar-refractivity contribution in [1.82, 2.24) is 4.98 Å². The van der Waals surface area contributed by atoms with E-state index < -0.39 is 23.2 Å². The van der Waals surface area contributed by atoms with Crippen molar-refractivity contribution in [2.24, 2.45) is 0 Å². The van der Waals surface area contributed by atoms with Gasteiger partial charge in [-0.15, -0.1) is 0 Å². The molecule has 0 radical (unpaired) electrons. The van der Waals surface area contributed by atoms with E-state index in [2.05, 4.69) is 4.98 Å². The summed E-state index contributed by atoms with van der Waals surface area (Å²) < 4.78 is 19.0. The fourth-order valence-corrected chi connectivity index (χ4v) is 1.73. The van der Waals surface area contributed by atoms with Crippen molar-refractivity contribution in [2.75, 3.05) is 0 Å². The summed E-state index contributed by atoms with van der Waals surface area (Å²) in [6, 6.07) is 6.00. The molecule has 1 aromatic carbocycles. The number of hydrogen-bond donors (Lipinski definition) is 1. The van der Waals surface area contributed by atoms with Crippen LogP contribution in [0.2, 0.25) is 5.02 Å². The first-order valence-electron chi connectivity index (χ1n) is 5.31. The molecule has 0 aliphatic carbocycles. The van der Waals surface area contributed by atoms with E-state index in [1.165, 1.54) is 0 Å². The Kier molecular flexibility index (Phi) is 3.66. The molecule has 0 saturated heterocycles. The van der Waals surface area contributed by atoms with Gasteiger partial charge in [0.05, 0.1) is 5.02 Å². The molecule has 0 aliphatic rings. The summed E-state index contributed by atoms with van der Waals surface area (Å²) in [4.78, 5) is 14.4. The Morgan fingerprint density at radius 2 is 2.16 bits per heavy atom. The summed E-state index contributed by atoms with van der Waals surface area (Å²) in [5, 5.41) is 9.09. The summed E-state index contributed by atoms with van der Waals surface area (Å²) in [6.07, 6.45) is 1.16. The molecule has 0 unspecified atom stereocenters. The molecular weight excluding hydrogens is 273 g/mol. The number of aryl methyl sites for hydroxylation is 1. The number of carboxylic acids is 1. The molecule has 19 heavy (non-hydrogen) atoms. The van der Waals surface area contributed by atoms with Crippen LogP contribution in [-0.2, 0) is 0 Å². The average molecular weight is 282 g/mol. The Balaban J connectivity index is 2.38. The number of halogens is 2. The molecule has 0 fully saturated rings. The van der Waals surface area contributed by atoms with E-state index >= 15 is 0 Å². The van der Waals surface area contributed by atoms with Crippen LogP contribution in [0, 0.1) is 12.7 Å². The van der Waals surface area contributed by atoms with Gasteiger partial charge in [0.15, 0.2) is 5.82 Å². The molecule has 98 valence electrons. The normalized spacial score (nSPS) is 10.3. The third-order valence-corrected chi connectivity index (χ3v) is 2.68. The maximum atomic E-state index is 13.8. The quantitative estimate of drug-likeness (QED) is 0.932. The molecule has 1 N–H and O–H groups in total. The van der Waals surface area contributed by atoms with E-state index in [4.69, 9.17) is 21.4 Å². The average Bonchev–Trinajstić information content (AvgIpc) is 2.34. The zero-order valence-corrected chi connectivity index (χ0v) is 10.6. The van der Waals surface area contributed by atoms with Crippen LogP contribution in [0.25, 0.3) is 0 Å². The minimum Gasteiger partial charge on any atom is -0.478 e. The smallest absolute Gasteiger partial charge is 0.338 e. The third kappa shape index (κ3) is 2.82. The fourth-order valence-electron chi connectivity index (χ4n) is 1.45. The molecule has 0 aliphatic heterocycles. The molecule has 1 heterocycles. The summed E-state index contributed by atoms with van der Waals surface area (Å²) >= 11 is 5.94. The van der Waals surface area contributed by atoms with E-state index in [1.54, 1.807) is 18.2 Å². The number of benzene rings is 1. The zero-order valence-electron chi connectivity index (χ0n) is 9.85. The number of rotatable bonds is 3. The Hall–Kier alpha value is -2.14. The molecule has 2 rings (SSSR count). The second kappa shape index (κ2) is 5.24. The monoisotopic (exact) mass is 281 g/mol. The Labute approximate surface area is 113 Å². The number of aromatic nitrogens is 1. The molecule has 4 nitrogen and oxygen atoms in total. The van der Waals surface area contributed by atoms with Gasteiger partial charge in [0.25, 0.3) is 5.88 Å². The van der Waals surface area contributed by atoms with Crippen molar-refractivity contribution in [3.63, 3.8) is 0 Å². The molecule has 0 amide bonds. The lowest BCUT2D eigenvalue weighted by Gasteiger charge is -2.08. The Morgan fingerprint density at radius 1 is 1.42 bits per heavy atom. The van der Waals surface area contributed by atoms with Gasteiger partial charge in [-0.1, -0.05) is 17.7 Å². The van der Waals surface area contributed by atoms with Crippen LogP contribution in [-0.4, -0.2) is 16.1 Å². The minimum atomic E-state index is -1.39. The number of carboxylic acid groups (broad SMARTS) is 1. The van der Waals surface area contributed by atoms with Crippen LogP contribution in [0.1, 0.15) is 15.9 Å². The standard InChI is InChI=1S/C13H9ClFNO3/c1-7-2-3-10(9(14)6-7)19-12-11(15)8(13(17)18)4-5-16-12/h2-6H,1H3,(H,17,18). The van der Waals surface area contributed by atoms with Gasteiger partial charge in [-0.25, -0.2) is 14.2 Å². The lowest BCUT2D eigenvalue weighted by molar-refractivity contribution is 0.0690. The number of nitrogens with zero attached hydrogens (tertiary/aromatic N) is 1. The molecule has 0 atom stereocenters. The van der Waals surface area contributed by atoms with Crippen LogP contribution in [0.15, 0.2) is 30.5 Å². The van der Waals surface area contributed by atoms with Gasteiger partial charge in [-0.05, 0) is 30.7 Å². The number of hydrogen-bond acceptors (Lipinski definition) is 3. The van der Waals surface area contributed by atoms with E-state index in [9.17, 15) is 9.18 Å². The molecular formula is C13H9ClFNO3. The molecule has 1 aromatic heterocycles. The lowest BCUT2D eigenvalue weighted by atomic mass is 10.2. The van der Waals surface area contributed by atoms with Gasteiger partial charge in [-0.2, -0.15) is 0 Å². The molecule has 0 saturated carbocycles. The van der Waals surface area contributed by atoms with Crippen LogP contribution < -0.4 is 4.74 Å². The highest BCUT2D eigenvalue weighted by atomic mass is 35.5. The van der Waals surface area contributed by atoms with Crippen molar-refractivity contribution in [3.8, 4) is 11.6 Å². The number of carbonyl (C=O) groups is 1. The number of ether oxygens (including phenoxy) is 1. The number of pyridine rings is 1. The molecule has 0 bridgehead atoms. The third-order valence-electron chi connectivity index (χ3n) is 2.38. The predicted octanol–water partition coefficient (Wildman–Crippen LogP) is 3.67. The van der Waals surface area contributed by atoms with E-state index in [1.807, 2.05) is 6.92 Å². The number of aromatic carboxylic acids is 1. The van der Waals surface area contributed by atoms with Crippen LogP contribution in [0.5, 0.6) is 11.6 Å². The SMILES string of the molecule is Cc1ccc(Oc2nccc(C(=O)O)c2F)c(Cl)c1. The summed E-state index contributed by atoms with van der Waals surface area (Å²) in [7, 11) is 0. The van der Waals surface area contributed by atoms with Gasteiger partial charge in [0, 0.05) is 6.20 Å². The van der Waals surface area contributed by atoms with E-state index in [-0.39, 0.29) is 5.75 Å². The first-order chi connectivity index (χ1) is 8.99. The zero-order chi connectivity index (χ0) is 14.0. The molecule has 2 aromatic rings. The first kappa shape index (κ1) is 13.3. The van der Waals surface area contributed by atoms with E-state index in [0.29, 0.717) is 5.02 Å². The minimum absolute atomic E-state index is 0.209. The topological polar surface area (TPSA) is 59.4 Å². The van der Waals surface area contributed by atoms with Gasteiger partial charge in [0.2, 0.25) is 0 Å². The fraction of sp³-hybridized carbons (Fsp3) is 0.0769. The van der Waals surface area contributed by atoms with Crippen molar-refractivity contribution >= 4 is 17.6 Å². The van der Waals surface area contributed by atoms with Gasteiger partial charge < -0.3 is 9.84 Å². The summed E-state index contributed by atoms with van der Waals surface area (Å²) in [5.74, 6) is -2.64. The molecule has 6 heteroatoms. The van der Waals surface area contributed by atoms with Crippen LogP contribution >= 0.6 is 11.6 Å². The second-order valence-electron chi connectivity index (χ2n) is 3.82. The Bertz CT molecular complexity index is 646. The van der Waals surface area contributed by atoms with E-state index in [0.717, 1.165) is 17.8 Å². The largest absolute Gasteiger partial charge is 0.478 e. The first-order valence-corrected chi connectivity index (χ1v) is 5.68. The molecule has 0 spiro atoms. The van der Waals surface area contributed by atoms with Crippen molar-refractivity contribution in [3.05, 3.63) is 52.4 Å². The highest BCUT2D eigenvalue weighted by molar-refractivity contribution is 6.32. The van der Waals surface area contributed by atoms with Crippen LogP contribution in [0.3, 0.4) is 0 Å². The summed E-state index contributed by atoms with van der Waals surface area (Å²) in [6.45, 7) is 1.85.